The summed E-state index contributed by atoms with van der Waals surface area (Å²) in [6, 6.07) is 2.95. The van der Waals surface area contributed by atoms with Crippen molar-refractivity contribution in [3.8, 4) is 22.2 Å². The molecule has 9 heteroatoms. The average Bonchev–Trinajstić information content (AvgIpc) is 3.09. The highest BCUT2D eigenvalue weighted by atomic mass is 32.1. The van der Waals surface area contributed by atoms with Crippen LogP contribution in [0.25, 0.3) is 22.2 Å². The Morgan fingerprint density at radius 2 is 2.05 bits per heavy atom. The Labute approximate surface area is 120 Å². The van der Waals surface area contributed by atoms with Crippen LogP contribution >= 0.6 is 11.3 Å². The quantitative estimate of drug-likeness (QED) is 0.733. The molecule has 2 aromatic heterocycles. The SMILES string of the molecule is Nc1ccc(C(F)(F)F)cc1-c1nc(-c2cncs2)no1. The molecule has 0 spiro atoms. The first-order valence-electron chi connectivity index (χ1n) is 5.65. The van der Waals surface area contributed by atoms with Gasteiger partial charge in [0, 0.05) is 11.9 Å². The first-order valence-corrected chi connectivity index (χ1v) is 6.53. The second-order valence-electron chi connectivity index (χ2n) is 4.09. The summed E-state index contributed by atoms with van der Waals surface area (Å²) in [7, 11) is 0. The average molecular weight is 312 g/mol. The lowest BCUT2D eigenvalue weighted by atomic mass is 10.1. The Hall–Kier alpha value is -2.42. The monoisotopic (exact) mass is 312 g/mol. The van der Waals surface area contributed by atoms with Gasteiger partial charge in [0.05, 0.1) is 21.5 Å². The number of nitrogens with two attached hydrogens (primary N) is 1. The molecule has 5 nitrogen and oxygen atoms in total. The van der Waals surface area contributed by atoms with Crippen molar-refractivity contribution in [2.24, 2.45) is 0 Å². The van der Waals surface area contributed by atoms with E-state index in [-0.39, 0.29) is 23.0 Å². The molecule has 108 valence electrons. The first kappa shape index (κ1) is 13.6. The minimum absolute atomic E-state index is 0.0492. The smallest absolute Gasteiger partial charge is 0.398 e. The fourth-order valence-corrected chi connectivity index (χ4v) is 2.22. The number of rotatable bonds is 2. The number of hydrogen-bond donors (Lipinski definition) is 1. The van der Waals surface area contributed by atoms with E-state index in [2.05, 4.69) is 15.1 Å². The zero-order valence-electron chi connectivity index (χ0n) is 10.3. The minimum Gasteiger partial charge on any atom is -0.398 e. The predicted octanol–water partition coefficient (Wildman–Crippen LogP) is 3.46. The minimum atomic E-state index is -4.47. The van der Waals surface area contributed by atoms with Gasteiger partial charge in [0.2, 0.25) is 5.82 Å². The van der Waals surface area contributed by atoms with Crippen molar-refractivity contribution < 1.29 is 17.7 Å². The van der Waals surface area contributed by atoms with E-state index in [1.165, 1.54) is 17.5 Å². The molecule has 3 aromatic rings. The number of benzene rings is 1. The van der Waals surface area contributed by atoms with E-state index in [1.54, 1.807) is 5.51 Å². The molecule has 0 unspecified atom stereocenters. The Morgan fingerprint density at radius 3 is 2.71 bits per heavy atom. The highest BCUT2D eigenvalue weighted by molar-refractivity contribution is 7.13. The number of aromatic nitrogens is 3. The van der Waals surface area contributed by atoms with Crippen molar-refractivity contribution in [3.63, 3.8) is 0 Å². The third kappa shape index (κ3) is 2.59. The summed E-state index contributed by atoms with van der Waals surface area (Å²) < 4.78 is 43.2. The molecule has 0 saturated carbocycles. The molecule has 2 heterocycles. The van der Waals surface area contributed by atoms with Crippen molar-refractivity contribution in [1.82, 2.24) is 15.1 Å². The van der Waals surface area contributed by atoms with E-state index in [9.17, 15) is 13.2 Å². The van der Waals surface area contributed by atoms with Crippen LogP contribution in [0.3, 0.4) is 0 Å². The lowest BCUT2D eigenvalue weighted by Gasteiger charge is -2.08. The largest absolute Gasteiger partial charge is 0.416 e. The standard InChI is InChI=1S/C12H7F3N4OS/c13-12(14,15)6-1-2-8(16)7(3-6)11-18-10(19-20-11)9-4-17-5-21-9/h1-5H,16H2. The number of hydrogen-bond acceptors (Lipinski definition) is 6. The molecule has 2 N–H and O–H groups in total. The highest BCUT2D eigenvalue weighted by Crippen LogP contribution is 2.35. The van der Waals surface area contributed by atoms with Gasteiger partial charge in [-0.2, -0.15) is 18.2 Å². The van der Waals surface area contributed by atoms with E-state index in [0.29, 0.717) is 4.88 Å². The van der Waals surface area contributed by atoms with Crippen LogP contribution in [-0.4, -0.2) is 15.1 Å². The zero-order valence-corrected chi connectivity index (χ0v) is 11.1. The van der Waals surface area contributed by atoms with Gasteiger partial charge in [-0.25, -0.2) is 0 Å². The summed E-state index contributed by atoms with van der Waals surface area (Å²) in [5.41, 5.74) is 6.62. The number of nitrogens with zero attached hydrogens (tertiary/aromatic N) is 3. The molecule has 3 rings (SSSR count). The van der Waals surface area contributed by atoms with Crippen LogP contribution in [0, 0.1) is 0 Å². The van der Waals surface area contributed by atoms with Crippen molar-refractivity contribution in [2.75, 3.05) is 5.73 Å². The van der Waals surface area contributed by atoms with Gasteiger partial charge in [-0.05, 0) is 18.2 Å². The maximum absolute atomic E-state index is 12.7. The van der Waals surface area contributed by atoms with Crippen LogP contribution < -0.4 is 5.73 Å². The second kappa shape index (κ2) is 4.85. The number of thiazole rings is 1. The van der Waals surface area contributed by atoms with Crippen molar-refractivity contribution in [2.45, 2.75) is 6.18 Å². The van der Waals surface area contributed by atoms with E-state index < -0.39 is 11.7 Å². The van der Waals surface area contributed by atoms with Crippen molar-refractivity contribution in [3.05, 3.63) is 35.5 Å². The summed E-state index contributed by atoms with van der Waals surface area (Å²) in [6.07, 6.45) is -2.93. The Balaban J connectivity index is 2.04. The van der Waals surface area contributed by atoms with E-state index in [1.807, 2.05) is 0 Å². The van der Waals surface area contributed by atoms with Crippen LogP contribution in [0.5, 0.6) is 0 Å². The number of anilines is 1. The Bertz CT molecular complexity index is 767. The van der Waals surface area contributed by atoms with Crippen LogP contribution in [-0.2, 0) is 6.18 Å². The van der Waals surface area contributed by atoms with E-state index >= 15 is 0 Å². The van der Waals surface area contributed by atoms with Gasteiger partial charge < -0.3 is 10.3 Å². The third-order valence-corrected chi connectivity index (χ3v) is 3.46. The molecular weight excluding hydrogens is 305 g/mol. The van der Waals surface area contributed by atoms with Gasteiger partial charge in [0.1, 0.15) is 0 Å². The predicted molar refractivity (Wildman–Crippen MR) is 70.3 cm³/mol. The fourth-order valence-electron chi connectivity index (χ4n) is 1.68. The maximum Gasteiger partial charge on any atom is 0.416 e. The molecule has 0 aliphatic rings. The lowest BCUT2D eigenvalue weighted by Crippen LogP contribution is -2.05. The second-order valence-corrected chi connectivity index (χ2v) is 4.97. The van der Waals surface area contributed by atoms with E-state index in [0.717, 1.165) is 18.2 Å². The van der Waals surface area contributed by atoms with Crippen molar-refractivity contribution >= 4 is 17.0 Å². The zero-order chi connectivity index (χ0) is 15.0. The molecule has 0 aliphatic heterocycles. The molecule has 0 aliphatic carbocycles. The van der Waals surface area contributed by atoms with Gasteiger partial charge in [-0.1, -0.05) is 5.16 Å². The normalized spacial score (nSPS) is 11.8. The molecule has 0 bridgehead atoms. The molecule has 0 fully saturated rings. The first-order chi connectivity index (χ1) is 9.95. The highest BCUT2D eigenvalue weighted by Gasteiger charge is 2.31. The third-order valence-electron chi connectivity index (χ3n) is 2.69. The molecule has 0 amide bonds. The molecule has 0 radical (unpaired) electrons. The summed E-state index contributed by atoms with van der Waals surface area (Å²) in [5, 5.41) is 3.72. The van der Waals surface area contributed by atoms with Gasteiger partial charge >= 0.3 is 6.18 Å². The van der Waals surface area contributed by atoms with Crippen LogP contribution in [0.15, 0.2) is 34.4 Å². The summed E-state index contributed by atoms with van der Waals surface area (Å²) in [4.78, 5) is 8.57. The molecule has 0 atom stereocenters. The summed E-state index contributed by atoms with van der Waals surface area (Å²) >= 11 is 1.29. The van der Waals surface area contributed by atoms with Gasteiger partial charge in [0.15, 0.2) is 0 Å². The molecule has 21 heavy (non-hydrogen) atoms. The van der Waals surface area contributed by atoms with Gasteiger partial charge in [-0.3, -0.25) is 4.98 Å². The van der Waals surface area contributed by atoms with Gasteiger partial charge in [-0.15, -0.1) is 11.3 Å². The Kier molecular flexibility index (Phi) is 3.13. The molecule has 0 saturated heterocycles. The van der Waals surface area contributed by atoms with Crippen LogP contribution in [0.2, 0.25) is 0 Å². The summed E-state index contributed by atoms with van der Waals surface area (Å²) in [6.45, 7) is 0. The number of nitrogen functional groups attached to an aromatic ring is 1. The van der Waals surface area contributed by atoms with Crippen LogP contribution in [0.1, 0.15) is 5.56 Å². The number of alkyl halides is 3. The molecule has 1 aromatic carbocycles. The lowest BCUT2D eigenvalue weighted by molar-refractivity contribution is -0.137. The topological polar surface area (TPSA) is 77.8 Å². The number of halogens is 3. The Morgan fingerprint density at radius 1 is 1.24 bits per heavy atom. The van der Waals surface area contributed by atoms with Crippen molar-refractivity contribution in [1.29, 1.82) is 0 Å². The molecular formula is C12H7F3N4OS. The summed E-state index contributed by atoms with van der Waals surface area (Å²) in [5.74, 6) is 0.186. The maximum atomic E-state index is 12.7. The van der Waals surface area contributed by atoms with Crippen LogP contribution in [0.4, 0.5) is 18.9 Å². The van der Waals surface area contributed by atoms with E-state index in [4.69, 9.17) is 10.3 Å². The fraction of sp³-hybridized carbons (Fsp3) is 0.0833. The van der Waals surface area contributed by atoms with Gasteiger partial charge in [0.25, 0.3) is 5.89 Å².